The van der Waals surface area contributed by atoms with Gasteiger partial charge in [-0.1, -0.05) is 0 Å². The smallest absolute Gasteiger partial charge is 0.410 e. The molecular weight excluding hydrogens is 308 g/mol. The summed E-state index contributed by atoms with van der Waals surface area (Å²) >= 11 is 0. The van der Waals surface area contributed by atoms with Crippen LogP contribution in [-0.4, -0.2) is 56.8 Å². The molecule has 0 bridgehead atoms. The van der Waals surface area contributed by atoms with Crippen molar-refractivity contribution in [3.05, 3.63) is 17.5 Å². The van der Waals surface area contributed by atoms with E-state index in [9.17, 15) is 9.59 Å². The van der Waals surface area contributed by atoms with Crippen LogP contribution >= 0.6 is 0 Å². The molecule has 0 N–H and O–H groups in total. The monoisotopic (exact) mass is 332 g/mol. The number of hydrogen-bond donors (Lipinski definition) is 0. The molecule has 0 aromatic carbocycles. The Bertz CT molecular complexity index is 680. The number of ether oxygens (including phenoxy) is 1. The van der Waals surface area contributed by atoms with Gasteiger partial charge in [0.15, 0.2) is 0 Å². The van der Waals surface area contributed by atoms with Gasteiger partial charge in [0, 0.05) is 19.6 Å². The van der Waals surface area contributed by atoms with Gasteiger partial charge in [-0.2, -0.15) is 5.10 Å². The molecular formula is C17H24N4O3. The van der Waals surface area contributed by atoms with E-state index in [2.05, 4.69) is 5.10 Å². The van der Waals surface area contributed by atoms with E-state index in [0.717, 1.165) is 18.8 Å². The molecule has 1 aromatic rings. The van der Waals surface area contributed by atoms with Gasteiger partial charge < -0.3 is 14.5 Å². The highest BCUT2D eigenvalue weighted by atomic mass is 16.6. The zero-order valence-electron chi connectivity index (χ0n) is 14.5. The molecule has 3 heterocycles. The average molecular weight is 332 g/mol. The second-order valence-electron chi connectivity index (χ2n) is 8.10. The van der Waals surface area contributed by atoms with Gasteiger partial charge in [0.05, 0.1) is 30.5 Å². The van der Waals surface area contributed by atoms with Crippen molar-refractivity contribution < 1.29 is 14.3 Å². The Hall–Kier alpha value is -2.05. The highest BCUT2D eigenvalue weighted by Crippen LogP contribution is 2.45. The van der Waals surface area contributed by atoms with E-state index in [4.69, 9.17) is 4.74 Å². The van der Waals surface area contributed by atoms with Crippen molar-refractivity contribution in [2.45, 2.75) is 45.9 Å². The molecule has 1 aliphatic carbocycles. The van der Waals surface area contributed by atoms with Crippen molar-refractivity contribution >= 4 is 12.0 Å². The Balaban J connectivity index is 1.49. The molecule has 3 aliphatic rings. The highest BCUT2D eigenvalue weighted by molar-refractivity contribution is 5.95. The maximum absolute atomic E-state index is 12.8. The second kappa shape index (κ2) is 5.22. The number of amides is 2. The van der Waals surface area contributed by atoms with Gasteiger partial charge in [0.2, 0.25) is 0 Å². The minimum Gasteiger partial charge on any atom is -0.444 e. The first-order valence-corrected chi connectivity index (χ1v) is 8.64. The van der Waals surface area contributed by atoms with Gasteiger partial charge in [-0.05, 0) is 39.0 Å². The third kappa shape index (κ3) is 2.76. The van der Waals surface area contributed by atoms with Gasteiger partial charge in [-0.3, -0.25) is 9.48 Å². The third-order valence-corrected chi connectivity index (χ3v) is 5.02. The van der Waals surface area contributed by atoms with Crippen LogP contribution in [0.4, 0.5) is 4.79 Å². The molecule has 2 amide bonds. The number of piperidine rings is 1. The third-order valence-electron chi connectivity index (χ3n) is 5.02. The zero-order chi connectivity index (χ0) is 17.1. The minimum atomic E-state index is -0.524. The molecule has 1 saturated carbocycles. The molecule has 2 atom stereocenters. The molecule has 24 heavy (non-hydrogen) atoms. The summed E-state index contributed by atoms with van der Waals surface area (Å²) in [5, 5.41) is 4.34. The van der Waals surface area contributed by atoms with Gasteiger partial charge in [0.25, 0.3) is 5.91 Å². The number of carbonyl (C=O) groups excluding carboxylic acids is 2. The molecule has 2 unspecified atom stereocenters. The zero-order valence-corrected chi connectivity index (χ0v) is 14.5. The summed E-state index contributed by atoms with van der Waals surface area (Å²) in [6, 6.07) is 0. The first kappa shape index (κ1) is 15.5. The molecule has 7 nitrogen and oxygen atoms in total. The number of aromatic nitrogens is 2. The lowest BCUT2D eigenvalue weighted by atomic mass is 10.1. The Labute approximate surface area is 141 Å². The fraction of sp³-hybridized carbons (Fsp3) is 0.706. The summed E-state index contributed by atoms with van der Waals surface area (Å²) in [5.41, 5.74) is 0.923. The second-order valence-corrected chi connectivity index (χ2v) is 8.10. The molecule has 1 saturated heterocycles. The Morgan fingerprint density at radius 3 is 2.54 bits per heavy atom. The topological polar surface area (TPSA) is 67.7 Å². The Morgan fingerprint density at radius 2 is 1.88 bits per heavy atom. The molecule has 0 spiro atoms. The van der Waals surface area contributed by atoms with Crippen LogP contribution in [-0.2, 0) is 17.8 Å². The largest absolute Gasteiger partial charge is 0.444 e. The van der Waals surface area contributed by atoms with Gasteiger partial charge in [-0.25, -0.2) is 4.79 Å². The van der Waals surface area contributed by atoms with Gasteiger partial charge >= 0.3 is 6.09 Å². The van der Waals surface area contributed by atoms with Crippen molar-refractivity contribution in [1.29, 1.82) is 0 Å². The van der Waals surface area contributed by atoms with E-state index < -0.39 is 5.60 Å². The standard InChI is InChI=1S/C17H24N4O3/c1-17(2,3)24-16(23)19-4-5-21-14(10-19)13(7-18-21)15(22)20-8-11-6-12(11)9-20/h7,11-12H,4-6,8-10H2,1-3H3. The summed E-state index contributed by atoms with van der Waals surface area (Å²) < 4.78 is 7.29. The molecule has 1 aromatic heterocycles. The van der Waals surface area contributed by atoms with Crippen LogP contribution in [0.3, 0.4) is 0 Å². The van der Waals surface area contributed by atoms with Gasteiger partial charge in [0.1, 0.15) is 5.60 Å². The van der Waals surface area contributed by atoms with Gasteiger partial charge in [-0.15, -0.1) is 0 Å². The van der Waals surface area contributed by atoms with Crippen LogP contribution in [0, 0.1) is 11.8 Å². The van der Waals surface area contributed by atoms with Crippen LogP contribution in [0.1, 0.15) is 43.2 Å². The molecule has 4 rings (SSSR count). The fourth-order valence-corrected chi connectivity index (χ4v) is 3.64. The minimum absolute atomic E-state index is 0.0505. The van der Waals surface area contributed by atoms with Crippen LogP contribution in [0.5, 0.6) is 0 Å². The highest BCUT2D eigenvalue weighted by Gasteiger charge is 2.47. The van der Waals surface area contributed by atoms with E-state index in [1.165, 1.54) is 6.42 Å². The van der Waals surface area contributed by atoms with Crippen molar-refractivity contribution in [3.63, 3.8) is 0 Å². The fourth-order valence-electron chi connectivity index (χ4n) is 3.64. The van der Waals surface area contributed by atoms with Crippen molar-refractivity contribution in [2.75, 3.05) is 19.6 Å². The lowest BCUT2D eigenvalue weighted by molar-refractivity contribution is 0.0192. The molecule has 2 aliphatic heterocycles. The van der Waals surface area contributed by atoms with Crippen LogP contribution in [0.15, 0.2) is 6.20 Å². The van der Waals surface area contributed by atoms with E-state index in [-0.39, 0.29) is 12.0 Å². The molecule has 2 fully saturated rings. The number of likely N-dealkylation sites (tertiary alicyclic amines) is 1. The molecule has 130 valence electrons. The summed E-state index contributed by atoms with van der Waals surface area (Å²) in [6.45, 7) is 8.80. The van der Waals surface area contributed by atoms with Crippen LogP contribution in [0.2, 0.25) is 0 Å². The summed E-state index contributed by atoms with van der Waals surface area (Å²) in [5.74, 6) is 1.46. The molecule has 0 radical (unpaired) electrons. The van der Waals surface area contributed by atoms with Crippen molar-refractivity contribution in [2.24, 2.45) is 11.8 Å². The Morgan fingerprint density at radius 1 is 1.17 bits per heavy atom. The number of fused-ring (bicyclic) bond motifs is 2. The average Bonchev–Trinajstić information content (AvgIpc) is 2.95. The Kier molecular flexibility index (Phi) is 3.37. The quantitative estimate of drug-likeness (QED) is 0.785. The first-order chi connectivity index (χ1) is 11.3. The number of nitrogens with zero attached hydrogens (tertiary/aromatic N) is 4. The SMILES string of the molecule is CC(C)(C)OC(=O)N1CCn2ncc(C(=O)N3CC4CC4C3)c2C1. The van der Waals surface area contributed by atoms with Crippen molar-refractivity contribution in [1.82, 2.24) is 19.6 Å². The van der Waals surface area contributed by atoms with E-state index in [0.29, 0.717) is 37.0 Å². The van der Waals surface area contributed by atoms with Crippen LogP contribution < -0.4 is 0 Å². The molecule has 7 heteroatoms. The predicted octanol–water partition coefficient (Wildman–Crippen LogP) is 1.73. The summed E-state index contributed by atoms with van der Waals surface area (Å²) in [7, 11) is 0. The lowest BCUT2D eigenvalue weighted by Gasteiger charge is -2.31. The maximum Gasteiger partial charge on any atom is 0.410 e. The van der Waals surface area contributed by atoms with E-state index >= 15 is 0 Å². The first-order valence-electron chi connectivity index (χ1n) is 8.64. The maximum atomic E-state index is 12.8. The normalized spacial score (nSPS) is 25.3. The number of rotatable bonds is 1. The van der Waals surface area contributed by atoms with E-state index in [1.54, 1.807) is 11.1 Å². The summed E-state index contributed by atoms with van der Waals surface area (Å²) in [4.78, 5) is 28.7. The summed E-state index contributed by atoms with van der Waals surface area (Å²) in [6.07, 6.45) is 2.58. The van der Waals surface area contributed by atoms with E-state index in [1.807, 2.05) is 30.4 Å². The number of hydrogen-bond acceptors (Lipinski definition) is 4. The van der Waals surface area contributed by atoms with Crippen LogP contribution in [0.25, 0.3) is 0 Å². The predicted molar refractivity (Wildman–Crippen MR) is 86.4 cm³/mol. The number of carbonyl (C=O) groups is 2. The van der Waals surface area contributed by atoms with Crippen molar-refractivity contribution in [3.8, 4) is 0 Å². The lowest BCUT2D eigenvalue weighted by Crippen LogP contribution is -2.42.